The molecule has 5 heteroatoms. The number of hydrogen-bond donors (Lipinski definition) is 2. The van der Waals surface area contributed by atoms with Gasteiger partial charge in [0, 0.05) is 30.8 Å². The molecule has 0 unspecified atom stereocenters. The van der Waals surface area contributed by atoms with Crippen molar-refractivity contribution in [3.8, 4) is 0 Å². The zero-order valence-electron chi connectivity index (χ0n) is 12.7. The molecule has 120 valence electrons. The van der Waals surface area contributed by atoms with Gasteiger partial charge in [-0.2, -0.15) is 0 Å². The van der Waals surface area contributed by atoms with Crippen LogP contribution in [0.25, 0.3) is 0 Å². The number of rotatable bonds is 3. The number of aliphatic hydroxyl groups is 1. The van der Waals surface area contributed by atoms with E-state index in [1.54, 1.807) is 0 Å². The average Bonchev–Trinajstić information content (AvgIpc) is 2.94. The number of fused-ring (bicyclic) bond motifs is 1. The number of aliphatic hydroxyl groups excluding tert-OH is 1. The Morgan fingerprint density at radius 3 is 3.05 bits per heavy atom. The van der Waals surface area contributed by atoms with E-state index in [-0.39, 0.29) is 18.7 Å². The molecular weight excluding hydrogens is 300 g/mol. The molecule has 1 aromatic rings. The van der Waals surface area contributed by atoms with E-state index in [0.717, 1.165) is 43.7 Å². The second kappa shape index (κ2) is 6.88. The van der Waals surface area contributed by atoms with Crippen molar-refractivity contribution < 1.29 is 9.90 Å². The van der Waals surface area contributed by atoms with E-state index >= 15 is 0 Å². The molecule has 2 aliphatic rings. The normalized spacial score (nSPS) is 24.2. The fraction of sp³-hybridized carbons (Fsp3) is 0.588. The molecule has 0 bridgehead atoms. The molecule has 1 fully saturated rings. The fourth-order valence-corrected chi connectivity index (χ4v) is 3.88. The van der Waals surface area contributed by atoms with Gasteiger partial charge in [0.1, 0.15) is 0 Å². The first-order chi connectivity index (χ1) is 10.7. The summed E-state index contributed by atoms with van der Waals surface area (Å²) in [6.45, 7) is 1.58. The molecular formula is C17H23ClN2O2. The number of urea groups is 1. The van der Waals surface area contributed by atoms with E-state index < -0.39 is 0 Å². The third-order valence-corrected chi connectivity index (χ3v) is 5.17. The summed E-state index contributed by atoms with van der Waals surface area (Å²) in [4.78, 5) is 14.4. The Balaban J connectivity index is 1.60. The molecule has 22 heavy (non-hydrogen) atoms. The Bertz CT molecular complexity index is 549. The number of nitrogens with one attached hydrogen (secondary N) is 1. The summed E-state index contributed by atoms with van der Waals surface area (Å²) < 4.78 is 0. The quantitative estimate of drug-likeness (QED) is 0.899. The second-order valence-electron chi connectivity index (χ2n) is 6.34. The van der Waals surface area contributed by atoms with E-state index in [1.165, 1.54) is 11.1 Å². The number of nitrogens with zero attached hydrogens (tertiary/aromatic N) is 1. The lowest BCUT2D eigenvalue weighted by atomic mass is 9.99. The van der Waals surface area contributed by atoms with Crippen LogP contribution in [0.3, 0.4) is 0 Å². The molecule has 1 aromatic carbocycles. The van der Waals surface area contributed by atoms with Crippen LogP contribution in [0.2, 0.25) is 5.02 Å². The topological polar surface area (TPSA) is 52.6 Å². The summed E-state index contributed by atoms with van der Waals surface area (Å²) in [5.41, 5.74) is 2.43. The standard InChI is InChI=1S/C17H23ClN2O2/c18-15-5-4-14-11-20(8-6-13(14)10-15)17(22)19-16-3-1-2-12(16)7-9-21/h4-5,10,12,16,21H,1-3,6-9,11H2,(H,19,22)/t12-,16+/m0/s1. The van der Waals surface area contributed by atoms with Gasteiger partial charge in [-0.15, -0.1) is 0 Å². The van der Waals surface area contributed by atoms with Crippen LogP contribution in [0.1, 0.15) is 36.8 Å². The third-order valence-electron chi connectivity index (χ3n) is 4.94. The predicted molar refractivity (Wildman–Crippen MR) is 86.9 cm³/mol. The maximum Gasteiger partial charge on any atom is 0.317 e. The summed E-state index contributed by atoms with van der Waals surface area (Å²) in [5.74, 6) is 0.421. The van der Waals surface area contributed by atoms with Gasteiger partial charge in [-0.05, 0) is 54.9 Å². The van der Waals surface area contributed by atoms with Crippen molar-refractivity contribution in [3.05, 3.63) is 34.3 Å². The Labute approximate surface area is 136 Å². The van der Waals surface area contributed by atoms with Gasteiger partial charge in [0.25, 0.3) is 0 Å². The molecule has 2 atom stereocenters. The molecule has 3 rings (SSSR count). The Morgan fingerprint density at radius 1 is 1.36 bits per heavy atom. The lowest BCUT2D eigenvalue weighted by molar-refractivity contribution is 0.181. The zero-order valence-corrected chi connectivity index (χ0v) is 13.5. The van der Waals surface area contributed by atoms with Crippen LogP contribution in [0, 0.1) is 5.92 Å². The van der Waals surface area contributed by atoms with Crippen molar-refractivity contribution in [1.29, 1.82) is 0 Å². The second-order valence-corrected chi connectivity index (χ2v) is 6.78. The van der Waals surface area contributed by atoms with E-state index in [0.29, 0.717) is 12.5 Å². The highest BCUT2D eigenvalue weighted by Crippen LogP contribution is 2.29. The van der Waals surface area contributed by atoms with Crippen molar-refractivity contribution >= 4 is 17.6 Å². The van der Waals surface area contributed by atoms with Crippen LogP contribution >= 0.6 is 11.6 Å². The minimum absolute atomic E-state index is 0.0236. The number of carbonyl (C=O) groups excluding carboxylic acids is 1. The maximum atomic E-state index is 12.5. The summed E-state index contributed by atoms with van der Waals surface area (Å²) in [6.07, 6.45) is 4.90. The molecule has 0 spiro atoms. The predicted octanol–water partition coefficient (Wildman–Crippen LogP) is 2.96. The van der Waals surface area contributed by atoms with Gasteiger partial charge in [-0.1, -0.05) is 24.1 Å². The lowest BCUT2D eigenvalue weighted by Crippen LogP contribution is -2.47. The first kappa shape index (κ1) is 15.6. The Hall–Kier alpha value is -1.26. The van der Waals surface area contributed by atoms with Crippen molar-refractivity contribution in [2.24, 2.45) is 5.92 Å². The van der Waals surface area contributed by atoms with Crippen LogP contribution in [0.4, 0.5) is 4.79 Å². The SMILES string of the molecule is O=C(N[C@@H]1CCC[C@H]1CCO)N1CCc2cc(Cl)ccc2C1. The maximum absolute atomic E-state index is 12.5. The number of benzene rings is 1. The fourth-order valence-electron chi connectivity index (χ4n) is 3.68. The van der Waals surface area contributed by atoms with Gasteiger partial charge < -0.3 is 15.3 Å². The monoisotopic (exact) mass is 322 g/mol. The molecule has 1 saturated carbocycles. The van der Waals surface area contributed by atoms with Crippen molar-refractivity contribution in [2.45, 2.75) is 44.7 Å². The van der Waals surface area contributed by atoms with Gasteiger partial charge in [0.05, 0.1) is 0 Å². The lowest BCUT2D eigenvalue weighted by Gasteiger charge is -2.31. The Morgan fingerprint density at radius 2 is 2.23 bits per heavy atom. The summed E-state index contributed by atoms with van der Waals surface area (Å²) in [7, 11) is 0. The molecule has 1 aliphatic heterocycles. The molecule has 1 aliphatic carbocycles. The van der Waals surface area contributed by atoms with Crippen LogP contribution in [0.15, 0.2) is 18.2 Å². The molecule has 0 aromatic heterocycles. The van der Waals surface area contributed by atoms with Crippen molar-refractivity contribution in [3.63, 3.8) is 0 Å². The molecule has 1 heterocycles. The van der Waals surface area contributed by atoms with Crippen LogP contribution in [-0.4, -0.2) is 35.2 Å². The highest BCUT2D eigenvalue weighted by Gasteiger charge is 2.30. The zero-order chi connectivity index (χ0) is 15.5. The molecule has 0 radical (unpaired) electrons. The first-order valence-electron chi connectivity index (χ1n) is 8.11. The highest BCUT2D eigenvalue weighted by molar-refractivity contribution is 6.30. The molecule has 2 N–H and O–H groups in total. The van der Waals surface area contributed by atoms with Crippen molar-refractivity contribution in [2.75, 3.05) is 13.2 Å². The van der Waals surface area contributed by atoms with Gasteiger partial charge in [0.2, 0.25) is 0 Å². The van der Waals surface area contributed by atoms with Gasteiger partial charge in [0.15, 0.2) is 0 Å². The summed E-state index contributed by atoms with van der Waals surface area (Å²) >= 11 is 6.02. The minimum Gasteiger partial charge on any atom is -0.396 e. The van der Waals surface area contributed by atoms with Gasteiger partial charge >= 0.3 is 6.03 Å². The highest BCUT2D eigenvalue weighted by atomic mass is 35.5. The van der Waals surface area contributed by atoms with Crippen molar-refractivity contribution in [1.82, 2.24) is 10.2 Å². The smallest absolute Gasteiger partial charge is 0.317 e. The Kier molecular flexibility index (Phi) is 4.89. The number of halogens is 1. The molecule has 0 saturated heterocycles. The largest absolute Gasteiger partial charge is 0.396 e. The number of amides is 2. The van der Waals surface area contributed by atoms with E-state index in [1.807, 2.05) is 23.1 Å². The van der Waals surface area contributed by atoms with E-state index in [4.69, 9.17) is 16.7 Å². The van der Waals surface area contributed by atoms with Crippen LogP contribution in [0.5, 0.6) is 0 Å². The van der Waals surface area contributed by atoms with Gasteiger partial charge in [-0.25, -0.2) is 4.79 Å². The summed E-state index contributed by atoms with van der Waals surface area (Å²) in [5, 5.41) is 13.1. The minimum atomic E-state index is 0.0236. The summed E-state index contributed by atoms with van der Waals surface area (Å²) in [6, 6.07) is 6.14. The van der Waals surface area contributed by atoms with Crippen LogP contribution < -0.4 is 5.32 Å². The number of carbonyl (C=O) groups is 1. The molecule has 4 nitrogen and oxygen atoms in total. The van der Waals surface area contributed by atoms with Gasteiger partial charge in [-0.3, -0.25) is 0 Å². The van der Waals surface area contributed by atoms with E-state index in [2.05, 4.69) is 5.32 Å². The van der Waals surface area contributed by atoms with E-state index in [9.17, 15) is 4.79 Å². The number of hydrogen-bond acceptors (Lipinski definition) is 2. The van der Waals surface area contributed by atoms with Crippen LogP contribution in [-0.2, 0) is 13.0 Å². The first-order valence-corrected chi connectivity index (χ1v) is 8.49. The average molecular weight is 323 g/mol. The third kappa shape index (κ3) is 3.39. The molecule has 2 amide bonds.